The predicted molar refractivity (Wildman–Crippen MR) is 83.2 cm³/mol. The molecule has 0 bridgehead atoms. The van der Waals surface area contributed by atoms with Gasteiger partial charge in [-0.2, -0.15) is 5.10 Å². The Hall–Kier alpha value is -1.79. The fourth-order valence-electron chi connectivity index (χ4n) is 2.25. The molecule has 0 fully saturated rings. The second-order valence-electron chi connectivity index (χ2n) is 4.48. The molecule has 2 aromatic rings. The number of halogens is 1. The van der Waals surface area contributed by atoms with Gasteiger partial charge in [0.1, 0.15) is 5.82 Å². The van der Waals surface area contributed by atoms with Gasteiger partial charge in [-0.3, -0.25) is 0 Å². The molecule has 1 unspecified atom stereocenters. The zero-order valence-corrected chi connectivity index (χ0v) is 12.1. The number of nitrogens with two attached hydrogens (primary N) is 1. The van der Waals surface area contributed by atoms with E-state index in [9.17, 15) is 4.39 Å². The number of hydrogen-bond acceptors (Lipinski definition) is 3. The predicted octanol–water partition coefficient (Wildman–Crippen LogP) is 3.28. The first-order valence-corrected chi connectivity index (χ1v) is 7.39. The lowest BCUT2D eigenvalue weighted by molar-refractivity contribution is 0.372. The van der Waals surface area contributed by atoms with E-state index in [1.165, 1.54) is 12.1 Å². The molecule has 0 aliphatic carbocycles. The van der Waals surface area contributed by atoms with Crippen molar-refractivity contribution in [1.29, 1.82) is 0 Å². The highest BCUT2D eigenvalue weighted by Crippen LogP contribution is 2.33. The van der Waals surface area contributed by atoms with Crippen LogP contribution in [0.25, 0.3) is 0 Å². The van der Waals surface area contributed by atoms with Crippen molar-refractivity contribution in [2.75, 3.05) is 0 Å². The molecule has 102 valence electrons. The van der Waals surface area contributed by atoms with Crippen molar-refractivity contribution in [3.8, 4) is 0 Å². The summed E-state index contributed by atoms with van der Waals surface area (Å²) in [6.07, 6.45) is 0.712. The fourth-order valence-corrected chi connectivity index (χ4v) is 3.14. The van der Waals surface area contributed by atoms with Crippen molar-refractivity contribution in [3.63, 3.8) is 0 Å². The monoisotopic (exact) mass is 305 g/mol. The topological polar surface area (TPSA) is 41.6 Å². The molecule has 0 spiro atoms. The molecule has 2 N–H and O–H groups in total. The Bertz CT molecular complexity index is 650. The third kappa shape index (κ3) is 2.44. The molecule has 1 aromatic heterocycles. The van der Waals surface area contributed by atoms with Crippen LogP contribution in [0.15, 0.2) is 46.9 Å². The van der Waals surface area contributed by atoms with Crippen LogP contribution in [-0.2, 0) is 0 Å². The van der Waals surface area contributed by atoms with Gasteiger partial charge in [0.15, 0.2) is 5.11 Å². The summed E-state index contributed by atoms with van der Waals surface area (Å²) < 4.78 is 13.0. The average molecular weight is 305 g/mol. The van der Waals surface area contributed by atoms with Crippen LogP contribution in [0, 0.1) is 5.82 Å². The summed E-state index contributed by atoms with van der Waals surface area (Å²) in [5, 5.41) is 8.38. The van der Waals surface area contributed by atoms with Crippen LogP contribution in [0.2, 0.25) is 0 Å². The largest absolute Gasteiger partial charge is 0.375 e. The van der Waals surface area contributed by atoms with Gasteiger partial charge in [0.25, 0.3) is 0 Å². The van der Waals surface area contributed by atoms with Crippen molar-refractivity contribution in [2.45, 2.75) is 12.5 Å². The molecule has 1 atom stereocenters. The van der Waals surface area contributed by atoms with E-state index in [4.69, 9.17) is 18.0 Å². The minimum Gasteiger partial charge on any atom is -0.375 e. The molecule has 3 nitrogen and oxygen atoms in total. The van der Waals surface area contributed by atoms with Gasteiger partial charge in [-0.25, -0.2) is 9.40 Å². The lowest BCUT2D eigenvalue weighted by atomic mass is 10.0. The number of hydrogen-bond donors (Lipinski definition) is 1. The van der Waals surface area contributed by atoms with Gasteiger partial charge in [-0.15, -0.1) is 11.3 Å². The molecule has 20 heavy (non-hydrogen) atoms. The minimum absolute atomic E-state index is 0.0646. The maximum atomic E-state index is 13.0. The second-order valence-corrected chi connectivity index (χ2v) is 5.84. The van der Waals surface area contributed by atoms with Gasteiger partial charge in [0.05, 0.1) is 16.6 Å². The molecule has 0 saturated heterocycles. The van der Waals surface area contributed by atoms with Crippen molar-refractivity contribution < 1.29 is 4.39 Å². The van der Waals surface area contributed by atoms with Crippen LogP contribution in [-0.4, -0.2) is 15.8 Å². The zero-order chi connectivity index (χ0) is 14.1. The quantitative estimate of drug-likeness (QED) is 0.866. The standard InChI is InChI=1S/C14H12FN3S2/c15-10-5-3-9(4-6-10)12-8-11(13-2-1-7-20-13)17-18(12)14(16)19/h1-7,12H,8H2,(H2,16,19). The SMILES string of the molecule is NC(=S)N1N=C(c2cccs2)CC1c1ccc(F)cc1. The molecular formula is C14H12FN3S2. The van der Waals surface area contributed by atoms with Crippen LogP contribution in [0.1, 0.15) is 22.9 Å². The van der Waals surface area contributed by atoms with E-state index in [1.807, 2.05) is 17.5 Å². The molecule has 2 heterocycles. The van der Waals surface area contributed by atoms with E-state index in [-0.39, 0.29) is 17.0 Å². The Kier molecular flexibility index (Phi) is 3.50. The Balaban J connectivity index is 1.93. The summed E-state index contributed by atoms with van der Waals surface area (Å²) in [4.78, 5) is 1.11. The summed E-state index contributed by atoms with van der Waals surface area (Å²) in [7, 11) is 0. The first-order valence-electron chi connectivity index (χ1n) is 6.10. The van der Waals surface area contributed by atoms with E-state index < -0.39 is 0 Å². The summed E-state index contributed by atoms with van der Waals surface area (Å²) in [5.41, 5.74) is 7.66. The highest BCUT2D eigenvalue weighted by Gasteiger charge is 2.30. The molecular weight excluding hydrogens is 293 g/mol. The van der Waals surface area contributed by atoms with Crippen molar-refractivity contribution in [1.82, 2.24) is 5.01 Å². The number of thiophene rings is 1. The van der Waals surface area contributed by atoms with Gasteiger partial charge in [-0.05, 0) is 41.4 Å². The van der Waals surface area contributed by atoms with Crippen molar-refractivity contribution in [2.24, 2.45) is 10.8 Å². The van der Waals surface area contributed by atoms with E-state index in [2.05, 4.69) is 5.10 Å². The highest BCUT2D eigenvalue weighted by molar-refractivity contribution is 7.80. The smallest absolute Gasteiger partial charge is 0.187 e. The zero-order valence-electron chi connectivity index (χ0n) is 10.5. The fraction of sp³-hybridized carbons (Fsp3) is 0.143. The highest BCUT2D eigenvalue weighted by atomic mass is 32.1. The van der Waals surface area contributed by atoms with E-state index in [0.717, 1.165) is 16.2 Å². The molecule has 0 amide bonds. The van der Waals surface area contributed by atoms with E-state index >= 15 is 0 Å². The van der Waals surface area contributed by atoms with Gasteiger partial charge in [0.2, 0.25) is 0 Å². The number of nitrogens with zero attached hydrogens (tertiary/aromatic N) is 2. The molecule has 0 saturated carbocycles. The van der Waals surface area contributed by atoms with Gasteiger partial charge >= 0.3 is 0 Å². The first-order chi connectivity index (χ1) is 9.65. The maximum Gasteiger partial charge on any atom is 0.187 e. The summed E-state index contributed by atoms with van der Waals surface area (Å²) in [6, 6.07) is 10.3. The Morgan fingerprint density at radius 3 is 2.70 bits per heavy atom. The normalized spacial score (nSPS) is 18.1. The maximum absolute atomic E-state index is 13.0. The summed E-state index contributed by atoms with van der Waals surface area (Å²) >= 11 is 6.70. The Morgan fingerprint density at radius 1 is 1.35 bits per heavy atom. The van der Waals surface area contributed by atoms with Crippen LogP contribution in [0.4, 0.5) is 4.39 Å². The molecule has 6 heteroatoms. The van der Waals surface area contributed by atoms with Crippen molar-refractivity contribution >= 4 is 34.4 Å². The van der Waals surface area contributed by atoms with Gasteiger partial charge in [-0.1, -0.05) is 18.2 Å². The second kappa shape index (κ2) is 5.30. The third-order valence-electron chi connectivity index (χ3n) is 3.20. The molecule has 3 rings (SSSR count). The number of thiocarbonyl (C=S) groups is 1. The van der Waals surface area contributed by atoms with Gasteiger partial charge < -0.3 is 5.73 Å². The summed E-state index contributed by atoms with van der Waals surface area (Å²) in [6.45, 7) is 0. The van der Waals surface area contributed by atoms with E-state index in [1.54, 1.807) is 28.5 Å². The molecule has 1 aliphatic rings. The molecule has 1 aromatic carbocycles. The van der Waals surface area contributed by atoms with Crippen LogP contribution in [0.3, 0.4) is 0 Å². The third-order valence-corrected chi connectivity index (χ3v) is 4.30. The van der Waals surface area contributed by atoms with E-state index in [0.29, 0.717) is 6.42 Å². The average Bonchev–Trinajstić information content (AvgIpc) is 3.08. The van der Waals surface area contributed by atoms with Crippen LogP contribution >= 0.6 is 23.6 Å². The van der Waals surface area contributed by atoms with Gasteiger partial charge in [0, 0.05) is 6.42 Å². The molecule has 0 radical (unpaired) electrons. The molecule has 1 aliphatic heterocycles. The van der Waals surface area contributed by atoms with Crippen LogP contribution < -0.4 is 5.73 Å². The Morgan fingerprint density at radius 2 is 2.10 bits per heavy atom. The first kappa shape index (κ1) is 13.2. The van der Waals surface area contributed by atoms with Crippen LogP contribution in [0.5, 0.6) is 0 Å². The minimum atomic E-state index is -0.256. The van der Waals surface area contributed by atoms with Crippen molar-refractivity contribution in [3.05, 3.63) is 58.0 Å². The Labute approximate surface area is 125 Å². The number of hydrazone groups is 1. The number of benzene rings is 1. The lowest BCUT2D eigenvalue weighted by Crippen LogP contribution is -2.31. The number of rotatable bonds is 2. The summed E-state index contributed by atoms with van der Waals surface area (Å²) in [5.74, 6) is -0.256. The lowest BCUT2D eigenvalue weighted by Gasteiger charge is -2.21.